The number of pyridine rings is 1. The van der Waals surface area contributed by atoms with Gasteiger partial charge in [-0.3, -0.25) is 25.8 Å². The number of aryl methyl sites for hydroxylation is 1. The van der Waals surface area contributed by atoms with E-state index in [-0.39, 0.29) is 11.6 Å². The van der Waals surface area contributed by atoms with Crippen molar-refractivity contribution in [2.24, 2.45) is 0 Å². The van der Waals surface area contributed by atoms with Gasteiger partial charge in [0, 0.05) is 11.8 Å². The molecule has 0 saturated carbocycles. The van der Waals surface area contributed by atoms with E-state index < -0.39 is 16.5 Å². The molecule has 1 amide bonds. The highest BCUT2D eigenvalue weighted by molar-refractivity contribution is 6.07. The molecule has 2 aromatic heterocycles. The van der Waals surface area contributed by atoms with Crippen molar-refractivity contribution in [1.82, 2.24) is 20.4 Å². The molecule has 31 heavy (non-hydrogen) atoms. The zero-order valence-corrected chi connectivity index (χ0v) is 16.4. The van der Waals surface area contributed by atoms with E-state index in [4.69, 9.17) is 0 Å². The van der Waals surface area contributed by atoms with Crippen LogP contribution in [0.4, 0.5) is 23.1 Å². The second kappa shape index (κ2) is 8.41. The molecular formula is C21H17N7O3. The lowest BCUT2D eigenvalue weighted by molar-refractivity contribution is -0.383. The first kappa shape index (κ1) is 19.7. The molecule has 0 aliphatic carbocycles. The molecule has 0 fully saturated rings. The van der Waals surface area contributed by atoms with Crippen LogP contribution < -0.4 is 16.2 Å². The lowest BCUT2D eigenvalue weighted by atomic mass is 10.0. The molecule has 2 heterocycles. The fourth-order valence-electron chi connectivity index (χ4n) is 3.07. The Kier molecular flexibility index (Phi) is 5.35. The van der Waals surface area contributed by atoms with E-state index in [1.165, 1.54) is 0 Å². The van der Waals surface area contributed by atoms with E-state index in [9.17, 15) is 14.9 Å². The summed E-state index contributed by atoms with van der Waals surface area (Å²) in [6.07, 6.45) is 2.73. The van der Waals surface area contributed by atoms with Crippen LogP contribution in [-0.2, 0) is 0 Å². The van der Waals surface area contributed by atoms with Crippen molar-refractivity contribution in [3.63, 3.8) is 0 Å². The summed E-state index contributed by atoms with van der Waals surface area (Å²) in [5.74, 6) is -0.282. The standard InChI is InChI=1S/C21H17N7O3/c1-13-9-10-22-17(11-13)25-19-18(28(30)31)20(24-12-23-19)26-27-21(29)16-8-4-6-14-5-2-3-7-15(14)16/h2-12H,1H3,(H,27,29)(H2,22,23,24,25,26). The van der Waals surface area contributed by atoms with Gasteiger partial charge in [0.2, 0.25) is 11.6 Å². The molecule has 0 radical (unpaired) electrons. The van der Waals surface area contributed by atoms with Crippen molar-refractivity contribution in [1.29, 1.82) is 0 Å². The lowest BCUT2D eigenvalue weighted by Crippen LogP contribution is -2.30. The summed E-state index contributed by atoms with van der Waals surface area (Å²) in [6.45, 7) is 1.87. The van der Waals surface area contributed by atoms with Crippen LogP contribution in [0.1, 0.15) is 15.9 Å². The Hall–Kier alpha value is -4.60. The topological polar surface area (TPSA) is 135 Å². The van der Waals surface area contributed by atoms with Crippen molar-refractivity contribution >= 4 is 39.8 Å². The fourth-order valence-corrected chi connectivity index (χ4v) is 3.07. The third kappa shape index (κ3) is 4.22. The van der Waals surface area contributed by atoms with Crippen molar-refractivity contribution in [3.05, 3.63) is 88.4 Å². The van der Waals surface area contributed by atoms with E-state index in [0.717, 1.165) is 22.7 Å². The van der Waals surface area contributed by atoms with Crippen molar-refractivity contribution in [3.8, 4) is 0 Å². The summed E-state index contributed by atoms with van der Waals surface area (Å²) in [5, 5.41) is 16.2. The second-order valence-corrected chi connectivity index (χ2v) is 6.63. The Bertz CT molecular complexity index is 1290. The Morgan fingerprint density at radius 2 is 1.77 bits per heavy atom. The summed E-state index contributed by atoms with van der Waals surface area (Å²) in [7, 11) is 0. The summed E-state index contributed by atoms with van der Waals surface area (Å²) >= 11 is 0. The Morgan fingerprint density at radius 3 is 2.58 bits per heavy atom. The number of hydrogen-bond donors (Lipinski definition) is 3. The molecule has 0 bridgehead atoms. The van der Waals surface area contributed by atoms with Gasteiger partial charge in [-0.05, 0) is 41.5 Å². The minimum atomic E-state index is -0.634. The van der Waals surface area contributed by atoms with E-state index in [2.05, 4.69) is 31.1 Å². The molecule has 0 spiro atoms. The number of hydrazine groups is 1. The molecule has 0 atom stereocenters. The van der Waals surface area contributed by atoms with E-state index >= 15 is 0 Å². The number of anilines is 3. The maximum absolute atomic E-state index is 12.7. The number of benzene rings is 2. The Labute approximate surface area is 176 Å². The minimum Gasteiger partial charge on any atom is -0.319 e. The first-order valence-corrected chi connectivity index (χ1v) is 9.26. The molecule has 0 saturated heterocycles. The SMILES string of the molecule is Cc1ccnc(Nc2ncnc(NNC(=O)c3cccc4ccccc34)c2[N+](=O)[O-])c1. The van der Waals surface area contributed by atoms with E-state index in [0.29, 0.717) is 11.4 Å². The van der Waals surface area contributed by atoms with Crippen molar-refractivity contribution in [2.75, 3.05) is 10.7 Å². The largest absolute Gasteiger partial charge is 0.355 e. The molecule has 0 aliphatic heterocycles. The predicted octanol–water partition coefficient (Wildman–Crippen LogP) is 3.74. The van der Waals surface area contributed by atoms with Crippen LogP contribution in [0.25, 0.3) is 10.8 Å². The van der Waals surface area contributed by atoms with Gasteiger partial charge in [0.1, 0.15) is 12.1 Å². The number of fused-ring (bicyclic) bond motifs is 1. The number of rotatable bonds is 6. The molecule has 10 heteroatoms. The summed E-state index contributed by atoms with van der Waals surface area (Å²) in [4.78, 5) is 35.8. The zero-order chi connectivity index (χ0) is 21.8. The molecule has 3 N–H and O–H groups in total. The monoisotopic (exact) mass is 415 g/mol. The number of nitrogens with zero attached hydrogens (tertiary/aromatic N) is 4. The number of nitro groups is 1. The fraction of sp³-hybridized carbons (Fsp3) is 0.0476. The van der Waals surface area contributed by atoms with Crippen LogP contribution in [0.5, 0.6) is 0 Å². The van der Waals surface area contributed by atoms with Gasteiger partial charge in [0.15, 0.2) is 0 Å². The van der Waals surface area contributed by atoms with Crippen LogP contribution in [0.15, 0.2) is 67.1 Å². The van der Waals surface area contributed by atoms with Gasteiger partial charge in [0.05, 0.1) is 4.92 Å². The predicted molar refractivity (Wildman–Crippen MR) is 116 cm³/mol. The third-order valence-electron chi connectivity index (χ3n) is 4.50. The first-order chi connectivity index (χ1) is 15.0. The van der Waals surface area contributed by atoms with Crippen molar-refractivity contribution in [2.45, 2.75) is 6.92 Å². The summed E-state index contributed by atoms with van der Waals surface area (Å²) < 4.78 is 0. The van der Waals surface area contributed by atoms with Crippen molar-refractivity contribution < 1.29 is 9.72 Å². The van der Waals surface area contributed by atoms with Crippen LogP contribution >= 0.6 is 0 Å². The zero-order valence-electron chi connectivity index (χ0n) is 16.4. The van der Waals surface area contributed by atoms with E-state index in [1.54, 1.807) is 30.5 Å². The van der Waals surface area contributed by atoms with Gasteiger partial charge in [-0.2, -0.15) is 0 Å². The number of amides is 1. The normalized spacial score (nSPS) is 10.5. The first-order valence-electron chi connectivity index (χ1n) is 9.26. The number of carbonyl (C=O) groups is 1. The minimum absolute atomic E-state index is 0.0555. The molecule has 154 valence electrons. The van der Waals surface area contributed by atoms with Crippen LogP contribution in [0.2, 0.25) is 0 Å². The molecular weight excluding hydrogens is 398 g/mol. The van der Waals surface area contributed by atoms with Gasteiger partial charge in [-0.1, -0.05) is 36.4 Å². The lowest BCUT2D eigenvalue weighted by Gasteiger charge is -2.11. The highest BCUT2D eigenvalue weighted by Crippen LogP contribution is 2.30. The highest BCUT2D eigenvalue weighted by Gasteiger charge is 2.24. The second-order valence-electron chi connectivity index (χ2n) is 6.63. The molecule has 0 aliphatic rings. The number of aromatic nitrogens is 3. The quantitative estimate of drug-likeness (QED) is 0.320. The number of hydrogen-bond acceptors (Lipinski definition) is 8. The highest BCUT2D eigenvalue weighted by atomic mass is 16.6. The number of carbonyl (C=O) groups excluding carboxylic acids is 1. The maximum atomic E-state index is 12.7. The van der Waals surface area contributed by atoms with E-state index in [1.807, 2.05) is 37.3 Å². The third-order valence-corrected chi connectivity index (χ3v) is 4.50. The van der Waals surface area contributed by atoms with Crippen LogP contribution in [0, 0.1) is 17.0 Å². The molecule has 2 aromatic carbocycles. The van der Waals surface area contributed by atoms with Gasteiger partial charge in [0.25, 0.3) is 5.91 Å². The van der Waals surface area contributed by atoms with Gasteiger partial charge in [-0.15, -0.1) is 0 Å². The maximum Gasteiger partial charge on any atom is 0.355 e. The van der Waals surface area contributed by atoms with Crippen LogP contribution in [-0.4, -0.2) is 25.8 Å². The molecule has 4 rings (SSSR count). The molecule has 0 unspecified atom stereocenters. The van der Waals surface area contributed by atoms with Gasteiger partial charge < -0.3 is 5.32 Å². The number of nitrogens with one attached hydrogen (secondary N) is 3. The molecule has 4 aromatic rings. The smallest absolute Gasteiger partial charge is 0.319 e. The Morgan fingerprint density at radius 1 is 1.00 bits per heavy atom. The van der Waals surface area contributed by atoms with Crippen LogP contribution in [0.3, 0.4) is 0 Å². The summed E-state index contributed by atoms with van der Waals surface area (Å²) in [6, 6.07) is 16.3. The summed E-state index contributed by atoms with van der Waals surface area (Å²) in [5.41, 5.74) is 5.94. The van der Waals surface area contributed by atoms with Gasteiger partial charge >= 0.3 is 5.69 Å². The average Bonchev–Trinajstić information content (AvgIpc) is 2.77. The Balaban J connectivity index is 1.59. The van der Waals surface area contributed by atoms with Gasteiger partial charge in [-0.25, -0.2) is 15.0 Å². The molecule has 10 nitrogen and oxygen atoms in total. The average molecular weight is 415 g/mol.